The van der Waals surface area contributed by atoms with Gasteiger partial charge in [0.25, 0.3) is 0 Å². The first-order chi connectivity index (χ1) is 20.4. The van der Waals surface area contributed by atoms with Gasteiger partial charge in [-0.1, -0.05) is 0 Å². The van der Waals surface area contributed by atoms with Crippen LogP contribution >= 0.6 is 0 Å². The molecule has 0 aromatic carbocycles. The molecule has 3 fully saturated rings. The van der Waals surface area contributed by atoms with Gasteiger partial charge >= 0.3 is 0 Å². The van der Waals surface area contributed by atoms with E-state index in [9.17, 15) is 45.6 Å². The Balaban J connectivity index is 1.83. The topological polar surface area (TPSA) is 338 Å². The summed E-state index contributed by atoms with van der Waals surface area (Å²) in [6, 6.07) is -3.50. The van der Waals surface area contributed by atoms with Gasteiger partial charge in [0.2, 0.25) is 5.91 Å². The van der Waals surface area contributed by atoms with Gasteiger partial charge in [0.15, 0.2) is 12.6 Å². The number of ether oxygens (including phenoxy) is 4. The Bertz CT molecular complexity index is 865. The number of hydrogen-bond donors (Lipinski definition) is 14. The molecule has 0 aromatic rings. The maximum absolute atomic E-state index is 12.6. The molecule has 1 aliphatic carbocycles. The number of rotatable bonds is 13. The van der Waals surface area contributed by atoms with Crippen LogP contribution < -0.4 is 27.8 Å². The van der Waals surface area contributed by atoms with Crippen molar-refractivity contribution in [2.45, 2.75) is 111 Å². The molecule has 0 radical (unpaired) electrons. The zero-order chi connectivity index (χ0) is 32.0. The molecule has 3 aliphatic rings. The van der Waals surface area contributed by atoms with Gasteiger partial charge in [-0.15, -0.1) is 0 Å². The monoisotopic (exact) mass is 629 g/mol. The Labute approximate surface area is 247 Å². The molecule has 3 rings (SSSR count). The number of carbonyl (C=O) groups is 1. The summed E-state index contributed by atoms with van der Waals surface area (Å²) < 4.78 is 22.8. The van der Waals surface area contributed by atoms with E-state index in [1.165, 1.54) is 0 Å². The van der Waals surface area contributed by atoms with E-state index in [-0.39, 0.29) is 39.1 Å². The number of hydrogen-bond acceptors (Lipinski definition) is 18. The van der Waals surface area contributed by atoms with Crippen LogP contribution in [0.1, 0.15) is 12.8 Å². The average Bonchev–Trinajstić information content (AvgIpc) is 2.97. The normalized spacial score (nSPS) is 44.6. The predicted molar refractivity (Wildman–Crippen MR) is 142 cm³/mol. The summed E-state index contributed by atoms with van der Waals surface area (Å²) in [6.45, 7) is -0.770. The van der Waals surface area contributed by atoms with E-state index in [0.29, 0.717) is 0 Å². The fourth-order valence-corrected chi connectivity index (χ4v) is 5.36. The van der Waals surface area contributed by atoms with Crippen LogP contribution in [0.4, 0.5) is 0 Å². The quantitative estimate of drug-likeness (QED) is 0.0840. The molecule has 1 amide bonds. The predicted octanol–water partition coefficient (Wildman–Crippen LogP) is -8.80. The zero-order valence-corrected chi connectivity index (χ0v) is 23.5. The second-order valence-electron chi connectivity index (χ2n) is 11.0. The Hall–Kier alpha value is -1.21. The van der Waals surface area contributed by atoms with Gasteiger partial charge in [-0.05, 0) is 19.4 Å². The number of carbonyl (C=O) groups excluding carboxylic acids is 1. The maximum Gasteiger partial charge on any atom is 0.249 e. The number of nitrogens with two attached hydrogens (primary N) is 3. The molecule has 252 valence electrons. The van der Waals surface area contributed by atoms with Crippen molar-refractivity contribution in [2.75, 3.05) is 32.8 Å². The van der Waals surface area contributed by atoms with Crippen LogP contribution in [-0.4, -0.2) is 183 Å². The first-order valence-corrected chi connectivity index (χ1v) is 14.2. The summed E-state index contributed by atoms with van der Waals surface area (Å²) in [5, 5.41) is 97.6. The second kappa shape index (κ2) is 16.4. The van der Waals surface area contributed by atoms with Gasteiger partial charge in [0.1, 0.15) is 67.1 Å². The van der Waals surface area contributed by atoms with Crippen LogP contribution in [0.2, 0.25) is 0 Å². The third-order valence-corrected chi connectivity index (χ3v) is 7.91. The summed E-state index contributed by atoms with van der Waals surface area (Å²) in [4.78, 5) is 12.6. The molecule has 0 aromatic heterocycles. The van der Waals surface area contributed by atoms with E-state index in [1.54, 1.807) is 0 Å². The van der Waals surface area contributed by atoms with Gasteiger partial charge in [0, 0.05) is 19.1 Å². The lowest BCUT2D eigenvalue weighted by atomic mass is 9.83. The van der Waals surface area contributed by atoms with Crippen LogP contribution in [0.3, 0.4) is 0 Å². The van der Waals surface area contributed by atoms with Gasteiger partial charge in [-0.25, -0.2) is 0 Å². The van der Waals surface area contributed by atoms with E-state index < -0.39 is 110 Å². The molecular weight excluding hydrogens is 582 g/mol. The van der Waals surface area contributed by atoms with Gasteiger partial charge < -0.3 is 92.7 Å². The summed E-state index contributed by atoms with van der Waals surface area (Å²) >= 11 is 0. The molecule has 19 heteroatoms. The highest BCUT2D eigenvalue weighted by atomic mass is 16.7. The summed E-state index contributed by atoms with van der Waals surface area (Å²) in [5.74, 6) is -0.852. The summed E-state index contributed by atoms with van der Waals surface area (Å²) in [7, 11) is 0. The summed E-state index contributed by atoms with van der Waals surface area (Å²) in [6.07, 6.45) is -20.0. The molecule has 19 nitrogen and oxygen atoms in total. The van der Waals surface area contributed by atoms with Crippen LogP contribution in [0.15, 0.2) is 0 Å². The fraction of sp³-hybridized carbons (Fsp3) is 0.958. The molecule has 1 unspecified atom stereocenters. The SMILES string of the molecule is NCC[C@H](O)C(=O)N[C@@H]1C[C@H](N)C(O[C@H]2O[C@H](CNCCO)[C@@H](O)[C@H](O)[C@H]2O)[C@H](O)[C@H]1O[C@H]1O[C@H](CO)[C@@H](O)[C@H](N)[C@H]1O. The molecule has 1 saturated carbocycles. The molecule has 2 saturated heterocycles. The van der Waals surface area contributed by atoms with Crippen molar-refractivity contribution in [2.24, 2.45) is 17.2 Å². The van der Waals surface area contributed by atoms with E-state index in [2.05, 4.69) is 10.6 Å². The molecule has 2 heterocycles. The smallest absolute Gasteiger partial charge is 0.249 e. The van der Waals surface area contributed by atoms with E-state index >= 15 is 0 Å². The number of aliphatic hydroxyl groups excluding tert-OH is 9. The second-order valence-corrected chi connectivity index (χ2v) is 11.0. The highest BCUT2D eigenvalue weighted by molar-refractivity contribution is 5.80. The van der Waals surface area contributed by atoms with Crippen molar-refractivity contribution >= 4 is 5.91 Å². The van der Waals surface area contributed by atoms with Gasteiger partial charge in [0.05, 0.1) is 25.3 Å². The molecular formula is C24H47N5O14. The van der Waals surface area contributed by atoms with E-state index in [0.717, 1.165) is 0 Å². The Kier molecular flexibility index (Phi) is 13.8. The first kappa shape index (κ1) is 36.3. The molecule has 17 N–H and O–H groups in total. The first-order valence-electron chi connectivity index (χ1n) is 14.2. The third-order valence-electron chi connectivity index (χ3n) is 7.91. The van der Waals surface area contributed by atoms with Crippen LogP contribution in [0, 0.1) is 0 Å². The van der Waals surface area contributed by atoms with Crippen molar-refractivity contribution < 1.29 is 69.7 Å². The fourth-order valence-electron chi connectivity index (χ4n) is 5.36. The molecule has 0 spiro atoms. The highest BCUT2D eigenvalue weighted by Gasteiger charge is 2.52. The van der Waals surface area contributed by atoms with Crippen LogP contribution in [0.25, 0.3) is 0 Å². The van der Waals surface area contributed by atoms with Crippen LogP contribution in [-0.2, 0) is 23.7 Å². The number of aliphatic hydroxyl groups is 9. The molecule has 2 aliphatic heterocycles. The molecule has 43 heavy (non-hydrogen) atoms. The van der Waals surface area contributed by atoms with Gasteiger partial charge in [-0.2, -0.15) is 0 Å². The Morgan fingerprint density at radius 3 is 2.12 bits per heavy atom. The van der Waals surface area contributed by atoms with Crippen molar-refractivity contribution in [3.63, 3.8) is 0 Å². The van der Waals surface area contributed by atoms with Gasteiger partial charge in [-0.3, -0.25) is 4.79 Å². The number of nitrogens with one attached hydrogen (secondary N) is 2. The molecule has 16 atom stereocenters. The van der Waals surface area contributed by atoms with E-state index in [1.807, 2.05) is 0 Å². The highest BCUT2D eigenvalue weighted by Crippen LogP contribution is 2.32. The number of amides is 1. The standard InChI is InChI=1S/C24H47N5O14/c25-2-1-10(32)22(39)29-9-5-8(26)20(42-24-18(37)17(36)15(34)11(40-24)6-28-3-4-30)19(38)21(9)43-23-16(35)13(27)14(33)12(7-31)41-23/h8-21,23-24,28,30-38H,1-7,25-27H2,(H,29,39)/t8-,9+,10-,11+,12+,13-,14+,15+,16+,17-,18+,19-,20?,21-,23+,24+/m0/s1. The lowest BCUT2D eigenvalue weighted by Gasteiger charge is -2.49. The zero-order valence-electron chi connectivity index (χ0n) is 23.5. The largest absolute Gasteiger partial charge is 0.395 e. The minimum absolute atomic E-state index is 0.00286. The third kappa shape index (κ3) is 8.54. The minimum Gasteiger partial charge on any atom is -0.395 e. The van der Waals surface area contributed by atoms with E-state index in [4.69, 9.17) is 41.3 Å². The van der Waals surface area contributed by atoms with Crippen LogP contribution in [0.5, 0.6) is 0 Å². The summed E-state index contributed by atoms with van der Waals surface area (Å²) in [5.41, 5.74) is 17.6. The van der Waals surface area contributed by atoms with Crippen molar-refractivity contribution in [1.82, 2.24) is 10.6 Å². The van der Waals surface area contributed by atoms with Crippen molar-refractivity contribution in [3.8, 4) is 0 Å². The molecule has 0 bridgehead atoms. The lowest BCUT2D eigenvalue weighted by molar-refractivity contribution is -0.333. The minimum atomic E-state index is -1.78. The Morgan fingerprint density at radius 1 is 0.860 bits per heavy atom. The van der Waals surface area contributed by atoms with Crippen molar-refractivity contribution in [1.29, 1.82) is 0 Å². The Morgan fingerprint density at radius 2 is 1.49 bits per heavy atom. The van der Waals surface area contributed by atoms with Crippen molar-refractivity contribution in [3.05, 3.63) is 0 Å². The average molecular weight is 630 g/mol. The lowest BCUT2D eigenvalue weighted by Crippen LogP contribution is -2.69. The maximum atomic E-state index is 12.6.